The molecule has 0 aromatic heterocycles. The van der Waals surface area contributed by atoms with Gasteiger partial charge in [-0.25, -0.2) is 0 Å². The van der Waals surface area contributed by atoms with Crippen molar-refractivity contribution < 1.29 is 9.47 Å². The quantitative estimate of drug-likeness (QED) is 0.708. The second kappa shape index (κ2) is 2.69. The summed E-state index contributed by atoms with van der Waals surface area (Å²) in [6, 6.07) is 0. The van der Waals surface area contributed by atoms with Crippen molar-refractivity contribution in [2.75, 3.05) is 7.11 Å². The minimum atomic E-state index is -0.155. The van der Waals surface area contributed by atoms with Crippen LogP contribution in [0.1, 0.15) is 32.1 Å². The zero-order chi connectivity index (χ0) is 11.6. The predicted octanol–water partition coefficient (Wildman–Crippen LogP) is 2.68. The van der Waals surface area contributed by atoms with E-state index in [1.165, 1.54) is 25.7 Å². The molecule has 0 radical (unpaired) electrons. The van der Waals surface area contributed by atoms with Crippen LogP contribution in [-0.4, -0.2) is 19.0 Å². The van der Waals surface area contributed by atoms with Crippen LogP contribution in [0.15, 0.2) is 0 Å². The molecule has 5 aliphatic rings. The topological polar surface area (TPSA) is 18.5 Å². The van der Waals surface area contributed by atoms with Crippen LogP contribution in [0.25, 0.3) is 0 Å². The van der Waals surface area contributed by atoms with Crippen LogP contribution < -0.4 is 0 Å². The average molecular weight is 246 g/mol. The normalized spacial score (nSPS) is 73.5. The summed E-state index contributed by atoms with van der Waals surface area (Å²) in [5.74, 6) is 7.48. The van der Waals surface area contributed by atoms with Crippen LogP contribution in [0.2, 0.25) is 0 Å². The van der Waals surface area contributed by atoms with Gasteiger partial charge in [0.1, 0.15) is 0 Å². The maximum Gasteiger partial charge on any atom is 0.171 e. The Kier molecular flexibility index (Phi) is 1.46. The van der Waals surface area contributed by atoms with E-state index >= 15 is 0 Å². The lowest BCUT2D eigenvalue weighted by Crippen LogP contribution is -2.43. The summed E-state index contributed by atoms with van der Waals surface area (Å²) in [7, 11) is 1.92. The molecule has 2 saturated heterocycles. The van der Waals surface area contributed by atoms with Gasteiger partial charge in [-0.3, -0.25) is 0 Å². The molecule has 5 fully saturated rings. The molecule has 3 saturated carbocycles. The Hall–Kier alpha value is -0.0800. The van der Waals surface area contributed by atoms with E-state index in [0.717, 1.165) is 47.3 Å². The second-order valence-electron chi connectivity index (χ2n) is 8.10. The molecule has 2 nitrogen and oxygen atoms in total. The van der Waals surface area contributed by atoms with Crippen molar-refractivity contribution in [3.63, 3.8) is 0 Å². The van der Waals surface area contributed by atoms with Crippen molar-refractivity contribution in [3.05, 3.63) is 0 Å². The van der Waals surface area contributed by atoms with Crippen molar-refractivity contribution in [1.29, 1.82) is 0 Å². The lowest BCUT2D eigenvalue weighted by Gasteiger charge is -2.41. The highest BCUT2D eigenvalue weighted by molar-refractivity contribution is 5.20. The van der Waals surface area contributed by atoms with Crippen LogP contribution in [-0.2, 0) is 9.47 Å². The lowest BCUT2D eigenvalue weighted by molar-refractivity contribution is -0.237. The first-order valence-corrected chi connectivity index (χ1v) is 8.04. The van der Waals surface area contributed by atoms with E-state index in [0.29, 0.717) is 6.10 Å². The van der Waals surface area contributed by atoms with E-state index in [1.54, 1.807) is 6.42 Å². The van der Waals surface area contributed by atoms with Gasteiger partial charge in [0.25, 0.3) is 0 Å². The molecular formula is C16H22O2. The van der Waals surface area contributed by atoms with E-state index in [2.05, 4.69) is 0 Å². The minimum absolute atomic E-state index is 0.155. The first kappa shape index (κ1) is 9.77. The molecule has 5 rings (SSSR count). The van der Waals surface area contributed by atoms with Gasteiger partial charge in [-0.1, -0.05) is 0 Å². The number of ether oxygens (including phenoxy) is 2. The van der Waals surface area contributed by atoms with Gasteiger partial charge in [-0.05, 0) is 67.1 Å². The molecule has 10 atom stereocenters. The molecular weight excluding hydrogens is 224 g/mol. The monoisotopic (exact) mass is 246 g/mol. The van der Waals surface area contributed by atoms with Gasteiger partial charge in [0.2, 0.25) is 0 Å². The van der Waals surface area contributed by atoms with Gasteiger partial charge in [0, 0.05) is 19.4 Å². The summed E-state index contributed by atoms with van der Waals surface area (Å²) >= 11 is 0. The molecule has 0 spiro atoms. The van der Waals surface area contributed by atoms with Crippen LogP contribution >= 0.6 is 0 Å². The summed E-state index contributed by atoms with van der Waals surface area (Å²) in [6.07, 6.45) is 7.72. The highest BCUT2D eigenvalue weighted by Gasteiger charge is 2.75. The summed E-state index contributed by atoms with van der Waals surface area (Å²) in [4.78, 5) is 0. The third kappa shape index (κ3) is 0.791. The summed E-state index contributed by atoms with van der Waals surface area (Å²) in [6.45, 7) is 0. The van der Waals surface area contributed by atoms with Crippen molar-refractivity contribution in [2.24, 2.45) is 47.3 Å². The van der Waals surface area contributed by atoms with E-state index < -0.39 is 0 Å². The smallest absolute Gasteiger partial charge is 0.171 e. The van der Waals surface area contributed by atoms with Crippen LogP contribution in [0.4, 0.5) is 0 Å². The fraction of sp³-hybridized carbons (Fsp3) is 1.00. The molecule has 2 heteroatoms. The van der Waals surface area contributed by atoms with Gasteiger partial charge < -0.3 is 9.47 Å². The van der Waals surface area contributed by atoms with Gasteiger partial charge in [-0.2, -0.15) is 0 Å². The molecule has 0 aromatic rings. The molecule has 2 aliphatic heterocycles. The Bertz CT molecular complexity index is 435. The van der Waals surface area contributed by atoms with Gasteiger partial charge in [-0.15, -0.1) is 0 Å². The molecule has 0 aromatic carbocycles. The summed E-state index contributed by atoms with van der Waals surface area (Å²) in [5.41, 5.74) is 0. The fourth-order valence-corrected chi connectivity index (χ4v) is 7.89. The minimum Gasteiger partial charge on any atom is -0.353 e. The van der Waals surface area contributed by atoms with Crippen LogP contribution in [0.3, 0.4) is 0 Å². The van der Waals surface area contributed by atoms with Gasteiger partial charge in [0.05, 0.1) is 6.10 Å². The number of rotatable bonds is 1. The molecule has 1 unspecified atom stereocenters. The predicted molar refractivity (Wildman–Crippen MR) is 65.6 cm³/mol. The van der Waals surface area contributed by atoms with E-state index in [1.807, 2.05) is 7.11 Å². The maximum absolute atomic E-state index is 6.58. The zero-order valence-corrected chi connectivity index (χ0v) is 11.0. The molecule has 2 heterocycles. The summed E-state index contributed by atoms with van der Waals surface area (Å²) < 4.78 is 12.6. The molecule has 0 N–H and O–H groups in total. The van der Waals surface area contributed by atoms with Crippen LogP contribution in [0, 0.1) is 47.3 Å². The van der Waals surface area contributed by atoms with Gasteiger partial charge in [0.15, 0.2) is 5.79 Å². The van der Waals surface area contributed by atoms with Gasteiger partial charge >= 0.3 is 0 Å². The van der Waals surface area contributed by atoms with Crippen molar-refractivity contribution >= 4 is 0 Å². The Morgan fingerprint density at radius 1 is 0.944 bits per heavy atom. The second-order valence-corrected chi connectivity index (χ2v) is 8.10. The molecule has 98 valence electrons. The Labute approximate surface area is 108 Å². The Morgan fingerprint density at radius 2 is 1.78 bits per heavy atom. The van der Waals surface area contributed by atoms with Crippen molar-refractivity contribution in [1.82, 2.24) is 0 Å². The van der Waals surface area contributed by atoms with Crippen LogP contribution in [0.5, 0.6) is 0 Å². The van der Waals surface area contributed by atoms with E-state index in [-0.39, 0.29) is 5.79 Å². The standard InChI is InChI=1S/C16H22O2/c1-17-16-6-8-3-10-9-2-7(8)4-13(18-16)14-11(9)5-12(10)15(14)16/h7-15H,2-6H2,1H3/t7-,8+,9-,10+,11-,12-,13-,14+,15?,16+/m1/s1. The Morgan fingerprint density at radius 3 is 2.67 bits per heavy atom. The summed E-state index contributed by atoms with van der Waals surface area (Å²) in [5, 5.41) is 0. The number of hydrogen-bond acceptors (Lipinski definition) is 2. The number of methoxy groups -OCH3 is 1. The average Bonchev–Trinajstić information content (AvgIpc) is 2.96. The molecule has 4 bridgehead atoms. The third-order valence-corrected chi connectivity index (χ3v) is 8.10. The first-order valence-electron chi connectivity index (χ1n) is 8.04. The first-order chi connectivity index (χ1) is 8.81. The van der Waals surface area contributed by atoms with E-state index in [9.17, 15) is 0 Å². The highest BCUT2D eigenvalue weighted by Crippen LogP contribution is 2.75. The highest BCUT2D eigenvalue weighted by atomic mass is 16.7. The third-order valence-electron chi connectivity index (χ3n) is 8.10. The molecule has 0 amide bonds. The molecule has 3 aliphatic carbocycles. The molecule has 18 heavy (non-hydrogen) atoms. The fourth-order valence-electron chi connectivity index (χ4n) is 7.89. The largest absolute Gasteiger partial charge is 0.353 e. The maximum atomic E-state index is 6.58. The SMILES string of the molecule is CO[C@@]12C[C@@H]3C[C@H]4[C@H]5C[C@@H]3C[C@@H](O1)[C@H]1C2[C@@H]4C[C@H]51. The van der Waals surface area contributed by atoms with E-state index in [4.69, 9.17) is 9.47 Å². The lowest BCUT2D eigenvalue weighted by atomic mass is 9.63. The van der Waals surface area contributed by atoms with Crippen molar-refractivity contribution in [3.8, 4) is 0 Å². The zero-order valence-electron chi connectivity index (χ0n) is 11.0. The Balaban J connectivity index is 1.65. The van der Waals surface area contributed by atoms with Crippen molar-refractivity contribution in [2.45, 2.75) is 44.0 Å². The number of hydrogen-bond donors (Lipinski definition) is 0. The number of fused-ring (bicyclic) bond motifs is 13.